The van der Waals surface area contributed by atoms with Crippen LogP contribution in [0.5, 0.6) is 0 Å². The Bertz CT molecular complexity index is 505. The first-order chi connectivity index (χ1) is 7.61. The molecule has 82 valence electrons. The van der Waals surface area contributed by atoms with Crippen molar-refractivity contribution in [3.05, 3.63) is 34.9 Å². The van der Waals surface area contributed by atoms with Crippen LogP contribution in [0.3, 0.4) is 0 Å². The first-order valence-corrected chi connectivity index (χ1v) is 5.10. The van der Waals surface area contributed by atoms with E-state index in [4.69, 9.17) is 15.4 Å². The topological polar surface area (TPSA) is 80.0 Å². The zero-order chi connectivity index (χ0) is 11.7. The second kappa shape index (κ2) is 3.86. The molecule has 0 saturated carbocycles. The Kier molecular flexibility index (Phi) is 2.53. The number of furan rings is 1. The fourth-order valence-electron chi connectivity index (χ4n) is 1.95. The monoisotopic (exact) mass is 216 g/mol. The van der Waals surface area contributed by atoms with Crippen molar-refractivity contribution in [2.75, 3.05) is 0 Å². The number of nitrogens with zero attached hydrogens (tertiary/aromatic N) is 1. The number of carbonyl (C=O) groups excluding carboxylic acids is 1. The highest BCUT2D eigenvalue weighted by atomic mass is 16.3. The molecule has 4 heteroatoms. The largest absolute Gasteiger partial charge is 0.466 e. The average molecular weight is 216 g/mol. The zero-order valence-electron chi connectivity index (χ0n) is 8.99. The summed E-state index contributed by atoms with van der Waals surface area (Å²) in [7, 11) is 0. The third kappa shape index (κ3) is 1.72. The summed E-state index contributed by atoms with van der Waals surface area (Å²) in [6.07, 6.45) is 0.818. The van der Waals surface area contributed by atoms with Crippen LogP contribution in [0.1, 0.15) is 30.3 Å². The number of carbonyl (C=O) groups is 1. The molecule has 0 aliphatic heterocycles. The van der Waals surface area contributed by atoms with E-state index in [2.05, 4.69) is 0 Å². The summed E-state index contributed by atoms with van der Waals surface area (Å²) < 4.78 is 5.48. The summed E-state index contributed by atoms with van der Waals surface area (Å²) in [5.41, 5.74) is 6.19. The van der Waals surface area contributed by atoms with Crippen molar-refractivity contribution < 1.29 is 9.21 Å². The number of aryl methyl sites for hydroxylation is 1. The van der Waals surface area contributed by atoms with Crippen LogP contribution in [0.25, 0.3) is 0 Å². The molecule has 2 rings (SSSR count). The molecule has 1 aliphatic rings. The minimum atomic E-state index is -0.190. The minimum Gasteiger partial charge on any atom is -0.466 e. The van der Waals surface area contributed by atoms with Crippen LogP contribution in [0, 0.1) is 18.3 Å². The van der Waals surface area contributed by atoms with Gasteiger partial charge in [0.05, 0.1) is 0 Å². The molecule has 2 N–H and O–H groups in total. The van der Waals surface area contributed by atoms with Gasteiger partial charge in [0.15, 0.2) is 5.78 Å². The van der Waals surface area contributed by atoms with E-state index in [1.165, 1.54) is 0 Å². The molecule has 1 aromatic rings. The highest BCUT2D eigenvalue weighted by Crippen LogP contribution is 2.33. The van der Waals surface area contributed by atoms with Crippen LogP contribution in [0.4, 0.5) is 0 Å². The van der Waals surface area contributed by atoms with E-state index in [0.717, 1.165) is 11.5 Å². The van der Waals surface area contributed by atoms with Crippen LogP contribution in [0.2, 0.25) is 0 Å². The van der Waals surface area contributed by atoms with E-state index >= 15 is 0 Å². The van der Waals surface area contributed by atoms with Crippen molar-refractivity contribution in [3.63, 3.8) is 0 Å². The van der Waals surface area contributed by atoms with E-state index < -0.39 is 0 Å². The highest BCUT2D eigenvalue weighted by Gasteiger charge is 2.29. The van der Waals surface area contributed by atoms with Crippen LogP contribution in [0.15, 0.2) is 27.8 Å². The molecule has 16 heavy (non-hydrogen) atoms. The van der Waals surface area contributed by atoms with Gasteiger partial charge in [-0.05, 0) is 25.5 Å². The lowest BCUT2D eigenvalue weighted by Crippen LogP contribution is -2.21. The summed E-state index contributed by atoms with van der Waals surface area (Å²) in [6, 6.07) is 5.57. The molecule has 1 aliphatic carbocycles. The van der Waals surface area contributed by atoms with Crippen molar-refractivity contribution in [1.29, 1.82) is 5.26 Å². The Morgan fingerprint density at radius 1 is 1.50 bits per heavy atom. The fraction of sp³-hybridized carbons (Fsp3) is 0.333. The maximum absolute atomic E-state index is 11.6. The lowest BCUT2D eigenvalue weighted by molar-refractivity contribution is -0.116. The normalized spacial score (nSPS) is 21.0. The van der Waals surface area contributed by atoms with Crippen LogP contribution in [-0.2, 0) is 4.79 Å². The van der Waals surface area contributed by atoms with Crippen molar-refractivity contribution >= 4 is 5.78 Å². The maximum atomic E-state index is 11.6. The molecular weight excluding hydrogens is 204 g/mol. The van der Waals surface area contributed by atoms with Crippen molar-refractivity contribution in [1.82, 2.24) is 0 Å². The van der Waals surface area contributed by atoms with E-state index in [1.807, 2.05) is 25.1 Å². The summed E-state index contributed by atoms with van der Waals surface area (Å²) in [6.45, 7) is 1.86. The molecule has 4 nitrogen and oxygen atoms in total. The highest BCUT2D eigenvalue weighted by molar-refractivity contribution is 6.01. The van der Waals surface area contributed by atoms with Crippen molar-refractivity contribution in [2.24, 2.45) is 5.73 Å². The predicted octanol–water partition coefficient (Wildman–Crippen LogP) is 1.77. The standard InChI is InChI=1S/C12H12N2O2/c1-7-2-3-12(16-7)8-4-10(14)9(6-13)11(15)5-8/h2-3,8H,4-5,14H2,1H3/t8-/m1/s1. The second-order valence-corrected chi connectivity index (χ2v) is 3.99. The van der Waals surface area contributed by atoms with Gasteiger partial charge in [-0.25, -0.2) is 0 Å². The Labute approximate surface area is 93.3 Å². The average Bonchev–Trinajstić information content (AvgIpc) is 2.64. The summed E-state index contributed by atoms with van der Waals surface area (Å²) in [4.78, 5) is 11.6. The fourth-order valence-corrected chi connectivity index (χ4v) is 1.95. The number of hydrogen-bond donors (Lipinski definition) is 1. The number of ketones is 1. The smallest absolute Gasteiger partial charge is 0.175 e. The Morgan fingerprint density at radius 3 is 2.75 bits per heavy atom. The van der Waals surface area contributed by atoms with Gasteiger partial charge in [-0.3, -0.25) is 4.79 Å². The molecule has 0 spiro atoms. The first kappa shape index (κ1) is 10.5. The third-order valence-electron chi connectivity index (χ3n) is 2.77. The van der Waals surface area contributed by atoms with Gasteiger partial charge < -0.3 is 10.2 Å². The molecule has 0 saturated heterocycles. The van der Waals surface area contributed by atoms with Gasteiger partial charge in [0.2, 0.25) is 0 Å². The first-order valence-electron chi connectivity index (χ1n) is 5.10. The Hall–Kier alpha value is -2.02. The van der Waals surface area contributed by atoms with E-state index in [9.17, 15) is 4.79 Å². The summed E-state index contributed by atoms with van der Waals surface area (Å²) in [5, 5.41) is 8.76. The lowest BCUT2D eigenvalue weighted by atomic mass is 9.85. The molecule has 0 unspecified atom stereocenters. The Morgan fingerprint density at radius 2 is 2.25 bits per heavy atom. The number of nitrogens with two attached hydrogens (primary N) is 1. The molecule has 0 fully saturated rings. The minimum absolute atomic E-state index is 0.0294. The number of rotatable bonds is 1. The van der Waals surface area contributed by atoms with Crippen LogP contribution < -0.4 is 5.73 Å². The SMILES string of the molecule is Cc1ccc([C@H]2CC(=O)C(C#N)=C(N)C2)o1. The molecule has 0 aromatic carbocycles. The van der Waals surface area contributed by atoms with Crippen molar-refractivity contribution in [2.45, 2.75) is 25.7 Å². The van der Waals surface area contributed by atoms with Gasteiger partial charge >= 0.3 is 0 Å². The maximum Gasteiger partial charge on any atom is 0.175 e. The van der Waals surface area contributed by atoms with Gasteiger partial charge in [0.25, 0.3) is 0 Å². The van der Waals surface area contributed by atoms with Gasteiger partial charge in [0, 0.05) is 18.0 Å². The lowest BCUT2D eigenvalue weighted by Gasteiger charge is -2.19. The van der Waals surface area contributed by atoms with Gasteiger partial charge in [-0.15, -0.1) is 0 Å². The predicted molar refractivity (Wildman–Crippen MR) is 57.3 cm³/mol. The molecule has 1 atom stereocenters. The van der Waals surface area contributed by atoms with Crippen LogP contribution >= 0.6 is 0 Å². The molecule has 0 bridgehead atoms. The number of nitriles is 1. The number of Topliss-reactive ketones (excluding diaryl/α,β-unsaturated/α-hetero) is 1. The zero-order valence-corrected chi connectivity index (χ0v) is 8.99. The third-order valence-corrected chi connectivity index (χ3v) is 2.77. The quantitative estimate of drug-likeness (QED) is 0.775. The van der Waals surface area contributed by atoms with E-state index in [1.54, 1.807) is 0 Å². The van der Waals surface area contributed by atoms with E-state index in [0.29, 0.717) is 18.5 Å². The molecule has 1 heterocycles. The summed E-state index contributed by atoms with van der Waals surface area (Å²) in [5.74, 6) is 1.37. The Balaban J connectivity index is 2.28. The van der Waals surface area contributed by atoms with Gasteiger partial charge in [0.1, 0.15) is 23.2 Å². The van der Waals surface area contributed by atoms with Gasteiger partial charge in [-0.1, -0.05) is 0 Å². The molecule has 0 radical (unpaired) electrons. The van der Waals surface area contributed by atoms with Crippen LogP contribution in [-0.4, -0.2) is 5.78 Å². The van der Waals surface area contributed by atoms with E-state index in [-0.39, 0.29) is 17.3 Å². The van der Waals surface area contributed by atoms with Gasteiger partial charge in [-0.2, -0.15) is 5.26 Å². The second-order valence-electron chi connectivity index (χ2n) is 3.99. The van der Waals surface area contributed by atoms with Crippen molar-refractivity contribution in [3.8, 4) is 6.07 Å². The number of hydrogen-bond acceptors (Lipinski definition) is 4. The summed E-state index contributed by atoms with van der Waals surface area (Å²) >= 11 is 0. The molecule has 1 aromatic heterocycles. The number of allylic oxidation sites excluding steroid dienone is 2. The molecule has 0 amide bonds. The molecular formula is C12H12N2O2.